The summed E-state index contributed by atoms with van der Waals surface area (Å²) in [5.74, 6) is -0.118. The fraction of sp³-hybridized carbons (Fsp3) is 0.316. The van der Waals surface area contributed by atoms with E-state index < -0.39 is 22.0 Å². The van der Waals surface area contributed by atoms with Crippen LogP contribution < -0.4 is 14.2 Å². The number of esters is 1. The second-order valence-corrected chi connectivity index (χ2v) is 7.85. The molecule has 2 aromatic rings. The highest BCUT2D eigenvalue weighted by molar-refractivity contribution is 7.89. The predicted octanol–water partition coefficient (Wildman–Crippen LogP) is 2.38. The maximum absolute atomic E-state index is 12.9. The number of carbonyl (C=O) groups excluding carboxylic acids is 1. The third kappa shape index (κ3) is 3.63. The van der Waals surface area contributed by atoms with Crippen molar-refractivity contribution in [2.24, 2.45) is 0 Å². The number of benzene rings is 2. The lowest BCUT2D eigenvalue weighted by molar-refractivity contribution is -0.142. The molecule has 0 heterocycles. The number of carbonyl (C=O) groups is 1. The van der Waals surface area contributed by atoms with E-state index in [4.69, 9.17) is 14.2 Å². The molecule has 2 unspecified atom stereocenters. The van der Waals surface area contributed by atoms with Crippen LogP contribution in [-0.2, 0) is 19.6 Å². The maximum Gasteiger partial charge on any atom is 0.313 e. The monoisotopic (exact) mass is 391 g/mol. The van der Waals surface area contributed by atoms with Crippen molar-refractivity contribution < 1.29 is 27.4 Å². The minimum atomic E-state index is -3.84. The van der Waals surface area contributed by atoms with E-state index in [0.717, 1.165) is 11.1 Å². The van der Waals surface area contributed by atoms with Crippen LogP contribution in [0.5, 0.6) is 11.5 Å². The maximum atomic E-state index is 12.9. The lowest BCUT2D eigenvalue weighted by Gasteiger charge is -2.16. The van der Waals surface area contributed by atoms with Gasteiger partial charge in [-0.3, -0.25) is 4.79 Å². The number of ether oxygens (including phenoxy) is 3. The van der Waals surface area contributed by atoms with E-state index in [1.165, 1.54) is 39.5 Å². The molecule has 0 radical (unpaired) electrons. The van der Waals surface area contributed by atoms with Crippen LogP contribution in [0.3, 0.4) is 0 Å². The van der Waals surface area contributed by atoms with Crippen molar-refractivity contribution in [1.82, 2.24) is 4.72 Å². The van der Waals surface area contributed by atoms with Crippen molar-refractivity contribution in [2.75, 3.05) is 21.3 Å². The summed E-state index contributed by atoms with van der Waals surface area (Å²) in [6, 6.07) is 11.1. The van der Waals surface area contributed by atoms with Crippen LogP contribution in [-0.4, -0.2) is 35.7 Å². The fourth-order valence-electron chi connectivity index (χ4n) is 3.35. The Balaban J connectivity index is 1.92. The molecular weight excluding hydrogens is 370 g/mol. The highest BCUT2D eigenvalue weighted by Gasteiger charge is 2.38. The summed E-state index contributed by atoms with van der Waals surface area (Å²) < 4.78 is 43.7. The molecule has 3 rings (SSSR count). The zero-order valence-electron chi connectivity index (χ0n) is 15.3. The zero-order chi connectivity index (χ0) is 19.6. The first kappa shape index (κ1) is 19.2. The van der Waals surface area contributed by atoms with Gasteiger partial charge in [0, 0.05) is 12.1 Å². The summed E-state index contributed by atoms with van der Waals surface area (Å²) in [6.07, 6.45) is 0.304. The van der Waals surface area contributed by atoms with Gasteiger partial charge in [0.25, 0.3) is 0 Å². The third-order valence-corrected chi connectivity index (χ3v) is 6.14. The minimum absolute atomic E-state index is 0.0548. The van der Waals surface area contributed by atoms with E-state index in [2.05, 4.69) is 4.72 Å². The van der Waals surface area contributed by atoms with Crippen LogP contribution >= 0.6 is 0 Å². The highest BCUT2D eigenvalue weighted by Crippen LogP contribution is 2.41. The molecule has 0 aromatic heterocycles. The molecule has 2 atom stereocenters. The lowest BCUT2D eigenvalue weighted by Crippen LogP contribution is -2.28. The van der Waals surface area contributed by atoms with Crippen molar-refractivity contribution in [2.45, 2.75) is 23.3 Å². The van der Waals surface area contributed by atoms with Gasteiger partial charge in [-0.25, -0.2) is 13.1 Å². The average Bonchev–Trinajstić information content (AvgIpc) is 3.04. The van der Waals surface area contributed by atoms with Gasteiger partial charge in [-0.1, -0.05) is 24.3 Å². The summed E-state index contributed by atoms with van der Waals surface area (Å²) in [4.78, 5) is 12.1. The minimum Gasteiger partial charge on any atom is -0.493 e. The van der Waals surface area contributed by atoms with Crippen molar-refractivity contribution >= 4 is 16.0 Å². The van der Waals surface area contributed by atoms with Crippen LogP contribution in [0.2, 0.25) is 0 Å². The molecule has 2 aromatic carbocycles. The van der Waals surface area contributed by atoms with Crippen LogP contribution in [0.4, 0.5) is 0 Å². The summed E-state index contributed by atoms with van der Waals surface area (Å²) in [5, 5.41) is 0. The number of fused-ring (bicyclic) bond motifs is 1. The van der Waals surface area contributed by atoms with Gasteiger partial charge >= 0.3 is 5.97 Å². The molecule has 0 aliphatic heterocycles. The van der Waals surface area contributed by atoms with Gasteiger partial charge in [-0.2, -0.15) is 0 Å². The summed E-state index contributed by atoms with van der Waals surface area (Å²) >= 11 is 0. The van der Waals surface area contributed by atoms with Crippen LogP contribution in [0.25, 0.3) is 0 Å². The number of hydrogen-bond acceptors (Lipinski definition) is 6. The number of methoxy groups -OCH3 is 3. The third-order valence-electron chi connectivity index (χ3n) is 4.67. The van der Waals surface area contributed by atoms with Crippen molar-refractivity contribution in [1.29, 1.82) is 0 Å². The number of hydrogen-bond donors (Lipinski definition) is 1. The Morgan fingerprint density at radius 2 is 1.67 bits per heavy atom. The van der Waals surface area contributed by atoms with Gasteiger partial charge in [0.2, 0.25) is 10.0 Å². The SMILES string of the molecule is COC(=O)C1CC(NS(=O)(=O)c2ccc(OC)c(OC)c2)c2ccccc21. The van der Waals surface area contributed by atoms with Crippen molar-refractivity contribution in [3.8, 4) is 11.5 Å². The van der Waals surface area contributed by atoms with Gasteiger partial charge in [-0.05, 0) is 29.7 Å². The molecule has 0 spiro atoms. The summed E-state index contributed by atoms with van der Waals surface area (Å²) in [7, 11) is 0.407. The number of nitrogens with one attached hydrogen (secondary N) is 1. The van der Waals surface area contributed by atoms with E-state index in [0.29, 0.717) is 17.9 Å². The Morgan fingerprint density at radius 3 is 2.30 bits per heavy atom. The molecule has 0 amide bonds. The molecule has 0 saturated heterocycles. The van der Waals surface area contributed by atoms with E-state index in [9.17, 15) is 13.2 Å². The predicted molar refractivity (Wildman–Crippen MR) is 98.4 cm³/mol. The quantitative estimate of drug-likeness (QED) is 0.761. The molecule has 144 valence electrons. The molecule has 0 saturated carbocycles. The molecule has 1 N–H and O–H groups in total. The Hall–Kier alpha value is -2.58. The summed E-state index contributed by atoms with van der Waals surface area (Å²) in [6.45, 7) is 0. The lowest BCUT2D eigenvalue weighted by atomic mass is 10.0. The van der Waals surface area contributed by atoms with E-state index >= 15 is 0 Å². The average molecular weight is 391 g/mol. The smallest absolute Gasteiger partial charge is 0.313 e. The van der Waals surface area contributed by atoms with Crippen LogP contribution in [0, 0.1) is 0 Å². The Morgan fingerprint density at radius 1 is 1.00 bits per heavy atom. The molecule has 1 aliphatic rings. The number of sulfonamides is 1. The van der Waals surface area contributed by atoms with E-state index in [-0.39, 0.29) is 10.9 Å². The molecule has 0 bridgehead atoms. The van der Waals surface area contributed by atoms with Crippen LogP contribution in [0.15, 0.2) is 47.4 Å². The first-order valence-corrected chi connectivity index (χ1v) is 9.80. The zero-order valence-corrected chi connectivity index (χ0v) is 16.1. The van der Waals surface area contributed by atoms with E-state index in [1.54, 1.807) is 0 Å². The van der Waals surface area contributed by atoms with Gasteiger partial charge < -0.3 is 14.2 Å². The molecule has 27 heavy (non-hydrogen) atoms. The molecule has 1 aliphatic carbocycles. The largest absolute Gasteiger partial charge is 0.493 e. The first-order chi connectivity index (χ1) is 12.9. The Labute approximate surface area is 158 Å². The van der Waals surface area contributed by atoms with Crippen molar-refractivity contribution in [3.05, 3.63) is 53.6 Å². The van der Waals surface area contributed by atoms with Crippen LogP contribution in [0.1, 0.15) is 29.5 Å². The second-order valence-electron chi connectivity index (χ2n) is 6.13. The highest BCUT2D eigenvalue weighted by atomic mass is 32.2. The van der Waals surface area contributed by atoms with Gasteiger partial charge in [-0.15, -0.1) is 0 Å². The molecule has 8 heteroatoms. The molecule has 0 fully saturated rings. The summed E-state index contributed by atoms with van der Waals surface area (Å²) in [5.41, 5.74) is 1.56. The van der Waals surface area contributed by atoms with Gasteiger partial charge in [0.1, 0.15) is 0 Å². The first-order valence-electron chi connectivity index (χ1n) is 8.32. The van der Waals surface area contributed by atoms with Gasteiger partial charge in [0.05, 0.1) is 32.1 Å². The van der Waals surface area contributed by atoms with Crippen molar-refractivity contribution in [3.63, 3.8) is 0 Å². The second kappa shape index (κ2) is 7.58. The van der Waals surface area contributed by atoms with E-state index in [1.807, 2.05) is 24.3 Å². The van der Waals surface area contributed by atoms with Gasteiger partial charge in [0.15, 0.2) is 11.5 Å². The molecule has 7 nitrogen and oxygen atoms in total. The topological polar surface area (TPSA) is 90.9 Å². The Kier molecular flexibility index (Phi) is 5.38. The molecular formula is C19H21NO6S. The normalized spacial score (nSPS) is 18.6. The standard InChI is InChI=1S/C19H21NO6S/c1-24-17-9-8-12(10-18(17)25-2)27(22,23)20-16-11-15(19(21)26-3)13-6-4-5-7-14(13)16/h4-10,15-16,20H,11H2,1-3H3. The number of rotatable bonds is 6. The Bertz CT molecular complexity index is 956. The fourth-order valence-corrected chi connectivity index (χ4v) is 4.59.